The van der Waals surface area contributed by atoms with Crippen molar-refractivity contribution in [3.05, 3.63) is 41.5 Å². The van der Waals surface area contributed by atoms with Crippen LogP contribution in [0.1, 0.15) is 5.69 Å². The molecule has 7 heteroatoms. The Morgan fingerprint density at radius 1 is 1.40 bits per heavy atom. The second-order valence-electron chi connectivity index (χ2n) is 6.07. The number of rotatable bonds is 7. The third-order valence-corrected chi connectivity index (χ3v) is 4.76. The summed E-state index contributed by atoms with van der Waals surface area (Å²) in [6.07, 6.45) is 2.32. The van der Waals surface area contributed by atoms with Crippen LogP contribution in [0.4, 0.5) is 0 Å². The van der Waals surface area contributed by atoms with Crippen molar-refractivity contribution in [3.63, 3.8) is 0 Å². The van der Waals surface area contributed by atoms with E-state index in [1.807, 2.05) is 59.2 Å². The lowest BCUT2D eigenvalue weighted by atomic mass is 10.1. The van der Waals surface area contributed by atoms with Crippen LogP contribution in [0.5, 0.6) is 5.75 Å². The highest BCUT2D eigenvalue weighted by atomic mass is 32.1. The molecule has 2 aromatic heterocycles. The molecule has 0 bridgehead atoms. The van der Waals surface area contributed by atoms with Crippen LogP contribution < -0.4 is 10.1 Å². The minimum Gasteiger partial charge on any atom is -0.497 e. The van der Waals surface area contributed by atoms with Crippen molar-refractivity contribution in [2.24, 2.45) is 0 Å². The standard InChI is InChI=1S/C18H22N4O2S/c1-21(2)8-7-19-17(23)10-14-12-25-18-20-16(11-22(14)18)13-5-4-6-15(9-13)24-3/h4-6,9,11-12H,7-8,10H2,1-3H3,(H,19,23). The fourth-order valence-corrected chi connectivity index (χ4v) is 3.40. The van der Waals surface area contributed by atoms with Gasteiger partial charge in [0.1, 0.15) is 5.75 Å². The minimum absolute atomic E-state index is 0.0261. The lowest BCUT2D eigenvalue weighted by Crippen LogP contribution is -2.32. The number of thiazole rings is 1. The van der Waals surface area contributed by atoms with E-state index >= 15 is 0 Å². The predicted octanol–water partition coefficient (Wildman–Crippen LogP) is 2.29. The molecule has 0 aliphatic rings. The van der Waals surface area contributed by atoms with Gasteiger partial charge in [-0.25, -0.2) is 4.98 Å². The molecule has 1 aromatic carbocycles. The van der Waals surface area contributed by atoms with Crippen molar-refractivity contribution in [3.8, 4) is 17.0 Å². The molecule has 6 nitrogen and oxygen atoms in total. The van der Waals surface area contributed by atoms with E-state index in [0.717, 1.165) is 34.2 Å². The monoisotopic (exact) mass is 358 g/mol. The zero-order valence-corrected chi connectivity index (χ0v) is 15.5. The van der Waals surface area contributed by atoms with Crippen molar-refractivity contribution in [1.82, 2.24) is 19.6 Å². The van der Waals surface area contributed by atoms with Crippen molar-refractivity contribution in [1.29, 1.82) is 0 Å². The van der Waals surface area contributed by atoms with Gasteiger partial charge in [-0.05, 0) is 26.2 Å². The molecule has 0 unspecified atom stereocenters. The second-order valence-corrected chi connectivity index (χ2v) is 6.90. The predicted molar refractivity (Wildman–Crippen MR) is 100 cm³/mol. The number of amides is 1. The molecule has 0 fully saturated rings. The fourth-order valence-electron chi connectivity index (χ4n) is 2.52. The Labute approximate surface area is 151 Å². The van der Waals surface area contributed by atoms with Gasteiger partial charge in [0, 0.05) is 35.9 Å². The van der Waals surface area contributed by atoms with Gasteiger partial charge in [-0.3, -0.25) is 9.20 Å². The Kier molecular flexibility index (Phi) is 5.35. The molecule has 0 atom stereocenters. The van der Waals surface area contributed by atoms with Gasteiger partial charge in [0.2, 0.25) is 5.91 Å². The molecule has 0 saturated heterocycles. The van der Waals surface area contributed by atoms with Gasteiger partial charge < -0.3 is 15.0 Å². The number of likely N-dealkylation sites (N-methyl/N-ethyl adjacent to an activating group) is 1. The van der Waals surface area contributed by atoms with Gasteiger partial charge in [0.15, 0.2) is 4.96 Å². The molecule has 132 valence electrons. The van der Waals surface area contributed by atoms with Crippen LogP contribution in [0.15, 0.2) is 35.8 Å². The Bertz CT molecular complexity index is 869. The number of hydrogen-bond donors (Lipinski definition) is 1. The van der Waals surface area contributed by atoms with Crippen LogP contribution in [-0.4, -0.2) is 54.5 Å². The van der Waals surface area contributed by atoms with Crippen LogP contribution in [0.3, 0.4) is 0 Å². The number of carbonyl (C=O) groups excluding carboxylic acids is 1. The third kappa shape index (κ3) is 4.18. The quantitative estimate of drug-likeness (QED) is 0.704. The third-order valence-electron chi connectivity index (χ3n) is 3.87. The van der Waals surface area contributed by atoms with Crippen LogP contribution in [0.25, 0.3) is 16.2 Å². The molecule has 25 heavy (non-hydrogen) atoms. The molecule has 0 aliphatic heterocycles. The number of nitrogens with one attached hydrogen (secondary N) is 1. The normalized spacial score (nSPS) is 11.2. The molecular weight excluding hydrogens is 336 g/mol. The summed E-state index contributed by atoms with van der Waals surface area (Å²) in [5.41, 5.74) is 2.82. The maximum absolute atomic E-state index is 12.1. The van der Waals surface area contributed by atoms with E-state index in [1.54, 1.807) is 18.4 Å². The number of imidazole rings is 1. The molecule has 1 amide bonds. The summed E-state index contributed by atoms with van der Waals surface area (Å²) in [7, 11) is 5.62. The highest BCUT2D eigenvalue weighted by Gasteiger charge is 2.12. The largest absolute Gasteiger partial charge is 0.497 e. The number of ether oxygens (including phenoxy) is 1. The average molecular weight is 358 g/mol. The first kappa shape index (κ1) is 17.4. The van der Waals surface area contributed by atoms with E-state index < -0.39 is 0 Å². The van der Waals surface area contributed by atoms with Gasteiger partial charge in [-0.15, -0.1) is 11.3 Å². The highest BCUT2D eigenvalue weighted by molar-refractivity contribution is 7.15. The first-order valence-electron chi connectivity index (χ1n) is 8.08. The SMILES string of the molecule is COc1cccc(-c2cn3c(CC(=O)NCCN(C)C)csc3n2)c1. The van der Waals surface area contributed by atoms with E-state index in [2.05, 4.69) is 10.3 Å². The number of hydrogen-bond acceptors (Lipinski definition) is 5. The van der Waals surface area contributed by atoms with Gasteiger partial charge in [0.25, 0.3) is 0 Å². The Morgan fingerprint density at radius 2 is 2.24 bits per heavy atom. The summed E-state index contributed by atoms with van der Waals surface area (Å²) >= 11 is 1.54. The maximum atomic E-state index is 12.1. The lowest BCUT2D eigenvalue weighted by Gasteiger charge is -2.10. The van der Waals surface area contributed by atoms with E-state index in [0.29, 0.717) is 13.0 Å². The van der Waals surface area contributed by atoms with Crippen molar-refractivity contribution in [2.45, 2.75) is 6.42 Å². The van der Waals surface area contributed by atoms with E-state index in [1.165, 1.54) is 0 Å². The van der Waals surface area contributed by atoms with E-state index in [9.17, 15) is 4.79 Å². The number of nitrogens with zero attached hydrogens (tertiary/aromatic N) is 3. The fraction of sp³-hybridized carbons (Fsp3) is 0.333. The minimum atomic E-state index is 0.0261. The van der Waals surface area contributed by atoms with Crippen LogP contribution in [-0.2, 0) is 11.2 Å². The number of carbonyl (C=O) groups is 1. The lowest BCUT2D eigenvalue weighted by molar-refractivity contribution is -0.120. The zero-order valence-electron chi connectivity index (χ0n) is 14.7. The zero-order chi connectivity index (χ0) is 17.8. The summed E-state index contributed by atoms with van der Waals surface area (Å²) in [6, 6.07) is 7.81. The maximum Gasteiger partial charge on any atom is 0.226 e. The number of aromatic nitrogens is 2. The average Bonchev–Trinajstić information content (AvgIpc) is 3.16. The molecule has 3 aromatic rings. The summed E-state index contributed by atoms with van der Waals surface area (Å²) in [5, 5.41) is 4.93. The number of benzene rings is 1. The number of methoxy groups -OCH3 is 1. The molecule has 0 radical (unpaired) electrons. The Balaban J connectivity index is 1.75. The molecule has 0 saturated carbocycles. The van der Waals surface area contributed by atoms with Crippen LogP contribution in [0.2, 0.25) is 0 Å². The number of fused-ring (bicyclic) bond motifs is 1. The van der Waals surface area contributed by atoms with Crippen LogP contribution >= 0.6 is 11.3 Å². The van der Waals surface area contributed by atoms with E-state index in [-0.39, 0.29) is 5.91 Å². The topological polar surface area (TPSA) is 58.9 Å². The first-order chi connectivity index (χ1) is 12.1. The molecule has 2 heterocycles. The first-order valence-corrected chi connectivity index (χ1v) is 8.96. The molecule has 0 spiro atoms. The van der Waals surface area contributed by atoms with Crippen molar-refractivity contribution >= 4 is 22.2 Å². The van der Waals surface area contributed by atoms with E-state index in [4.69, 9.17) is 4.74 Å². The molecule has 1 N–H and O–H groups in total. The Morgan fingerprint density at radius 3 is 3.00 bits per heavy atom. The molecular formula is C18H22N4O2S. The Hall–Kier alpha value is -2.38. The van der Waals surface area contributed by atoms with Crippen molar-refractivity contribution in [2.75, 3.05) is 34.3 Å². The van der Waals surface area contributed by atoms with Gasteiger partial charge in [-0.2, -0.15) is 0 Å². The highest BCUT2D eigenvalue weighted by Crippen LogP contribution is 2.26. The second kappa shape index (κ2) is 7.67. The van der Waals surface area contributed by atoms with Gasteiger partial charge in [-0.1, -0.05) is 12.1 Å². The van der Waals surface area contributed by atoms with Gasteiger partial charge in [0.05, 0.1) is 19.2 Å². The summed E-state index contributed by atoms with van der Waals surface area (Å²) < 4.78 is 7.27. The summed E-state index contributed by atoms with van der Waals surface area (Å²) in [5.74, 6) is 0.826. The molecule has 3 rings (SSSR count). The van der Waals surface area contributed by atoms with Crippen LogP contribution in [0, 0.1) is 0 Å². The summed E-state index contributed by atoms with van der Waals surface area (Å²) in [4.78, 5) is 19.7. The molecule has 0 aliphatic carbocycles. The summed E-state index contributed by atoms with van der Waals surface area (Å²) in [6.45, 7) is 1.48. The van der Waals surface area contributed by atoms with Gasteiger partial charge >= 0.3 is 0 Å². The van der Waals surface area contributed by atoms with Crippen molar-refractivity contribution < 1.29 is 9.53 Å². The smallest absolute Gasteiger partial charge is 0.226 e.